The highest BCUT2D eigenvalue weighted by atomic mass is 16.5. The Kier molecular flexibility index (Phi) is 5.31. The van der Waals surface area contributed by atoms with Gasteiger partial charge in [0.25, 0.3) is 0 Å². The van der Waals surface area contributed by atoms with Gasteiger partial charge in [-0.3, -0.25) is 4.79 Å². The van der Waals surface area contributed by atoms with E-state index in [4.69, 9.17) is 4.74 Å². The molecular weight excluding hydrogens is 302 g/mol. The second-order valence-electron chi connectivity index (χ2n) is 5.96. The number of amides is 1. The number of rotatable bonds is 8. The molecule has 24 heavy (non-hydrogen) atoms. The second kappa shape index (κ2) is 7.81. The van der Waals surface area contributed by atoms with Crippen LogP contribution in [0.2, 0.25) is 0 Å². The van der Waals surface area contributed by atoms with Crippen LogP contribution in [-0.2, 0) is 24.2 Å². The molecule has 126 valence electrons. The molecule has 0 saturated carbocycles. The second-order valence-corrected chi connectivity index (χ2v) is 5.96. The number of fused-ring (bicyclic) bond motifs is 1. The molecule has 1 amide bonds. The maximum absolute atomic E-state index is 11.4. The van der Waals surface area contributed by atoms with Crippen molar-refractivity contribution in [2.24, 2.45) is 0 Å². The smallest absolute Gasteiger partial charge is 0.224 e. The van der Waals surface area contributed by atoms with Crippen LogP contribution in [0.5, 0.6) is 5.75 Å². The first-order chi connectivity index (χ1) is 11.8. The summed E-state index contributed by atoms with van der Waals surface area (Å²) in [5.74, 6) is 2.06. The van der Waals surface area contributed by atoms with Crippen molar-refractivity contribution in [2.45, 2.75) is 38.6 Å². The topological polar surface area (TPSA) is 56.2 Å². The van der Waals surface area contributed by atoms with E-state index in [1.54, 1.807) is 0 Å². The molecule has 0 radical (unpaired) electrons. The van der Waals surface area contributed by atoms with Crippen LogP contribution in [-0.4, -0.2) is 22.1 Å². The lowest BCUT2D eigenvalue weighted by Crippen LogP contribution is -2.18. The monoisotopic (exact) mass is 325 g/mol. The summed E-state index contributed by atoms with van der Waals surface area (Å²) in [6, 6.07) is 5.88. The van der Waals surface area contributed by atoms with Crippen molar-refractivity contribution in [3.63, 3.8) is 0 Å². The molecular formula is C19H23N3O2. The van der Waals surface area contributed by atoms with E-state index in [9.17, 15) is 4.79 Å². The van der Waals surface area contributed by atoms with Gasteiger partial charge in [-0.05, 0) is 43.0 Å². The number of aryl methyl sites for hydroxylation is 2. The lowest BCUT2D eigenvalue weighted by atomic mass is 10.0. The third kappa shape index (κ3) is 4.04. The van der Waals surface area contributed by atoms with E-state index in [-0.39, 0.29) is 5.91 Å². The van der Waals surface area contributed by atoms with Crippen LogP contribution in [0, 0.1) is 0 Å². The Labute approximate surface area is 142 Å². The van der Waals surface area contributed by atoms with Gasteiger partial charge in [-0.15, -0.1) is 6.58 Å². The minimum absolute atomic E-state index is 0.0889. The van der Waals surface area contributed by atoms with E-state index in [0.29, 0.717) is 13.0 Å². The number of imidazole rings is 1. The summed E-state index contributed by atoms with van der Waals surface area (Å²) < 4.78 is 7.96. The first-order valence-corrected chi connectivity index (χ1v) is 8.43. The molecule has 0 fully saturated rings. The Morgan fingerprint density at radius 1 is 1.33 bits per heavy atom. The summed E-state index contributed by atoms with van der Waals surface area (Å²) in [5, 5.41) is 2.88. The molecule has 0 aliphatic carbocycles. The molecule has 5 heteroatoms. The van der Waals surface area contributed by atoms with Crippen LogP contribution in [0.25, 0.3) is 0 Å². The van der Waals surface area contributed by atoms with Gasteiger partial charge in [0.2, 0.25) is 5.91 Å². The summed E-state index contributed by atoms with van der Waals surface area (Å²) in [6.45, 7) is 5.25. The van der Waals surface area contributed by atoms with Gasteiger partial charge in [-0.1, -0.05) is 6.08 Å². The molecule has 1 N–H and O–H groups in total. The first-order valence-electron chi connectivity index (χ1n) is 8.43. The van der Waals surface area contributed by atoms with E-state index in [2.05, 4.69) is 21.4 Å². The Morgan fingerprint density at radius 2 is 2.25 bits per heavy atom. The Morgan fingerprint density at radius 3 is 3.12 bits per heavy atom. The number of hydrogen-bond donors (Lipinski definition) is 1. The van der Waals surface area contributed by atoms with Gasteiger partial charge in [-0.2, -0.15) is 0 Å². The maximum atomic E-state index is 11.4. The number of unbranched alkanes of at least 4 members (excludes halogenated alkanes) is 1. The van der Waals surface area contributed by atoms with Gasteiger partial charge in [0.15, 0.2) is 0 Å². The molecule has 0 saturated heterocycles. The van der Waals surface area contributed by atoms with Crippen molar-refractivity contribution in [3.05, 3.63) is 54.6 Å². The van der Waals surface area contributed by atoms with Crippen molar-refractivity contribution in [2.75, 3.05) is 11.9 Å². The van der Waals surface area contributed by atoms with E-state index >= 15 is 0 Å². The fraction of sp³-hybridized carbons (Fsp3) is 0.368. The number of ether oxygens (including phenoxy) is 1. The molecule has 1 aliphatic rings. The molecule has 0 atom stereocenters. The zero-order chi connectivity index (χ0) is 16.8. The lowest BCUT2D eigenvalue weighted by Gasteiger charge is -2.17. The Bertz CT molecular complexity index is 721. The molecule has 0 bridgehead atoms. The molecule has 2 aromatic rings. The highest BCUT2D eigenvalue weighted by Crippen LogP contribution is 2.26. The fourth-order valence-corrected chi connectivity index (χ4v) is 2.90. The van der Waals surface area contributed by atoms with E-state index in [0.717, 1.165) is 55.1 Å². The fourth-order valence-electron chi connectivity index (χ4n) is 2.90. The molecule has 1 aromatic carbocycles. The predicted molar refractivity (Wildman–Crippen MR) is 94.2 cm³/mol. The number of nitrogens with one attached hydrogen (secondary N) is 1. The quantitative estimate of drug-likeness (QED) is 0.598. The van der Waals surface area contributed by atoms with Crippen molar-refractivity contribution in [1.82, 2.24) is 9.55 Å². The number of nitrogens with zero attached hydrogens (tertiary/aromatic N) is 2. The minimum atomic E-state index is 0.0889. The third-order valence-corrected chi connectivity index (χ3v) is 4.16. The van der Waals surface area contributed by atoms with Crippen molar-refractivity contribution >= 4 is 11.6 Å². The van der Waals surface area contributed by atoms with E-state index < -0.39 is 0 Å². The standard InChI is InChI=1S/C19H23N3O2/c1-2-11-22-12-10-20-18(22)5-3-4-13-24-16-7-8-17-15(14-16)6-9-19(23)21-17/h2,7-8,10,12,14H,1,3-6,9,11,13H2,(H,21,23). The summed E-state index contributed by atoms with van der Waals surface area (Å²) in [7, 11) is 0. The van der Waals surface area contributed by atoms with Gasteiger partial charge in [0, 0.05) is 37.5 Å². The molecule has 5 nitrogen and oxygen atoms in total. The normalized spacial score (nSPS) is 13.2. The average molecular weight is 325 g/mol. The van der Waals surface area contributed by atoms with Crippen molar-refractivity contribution in [3.8, 4) is 5.75 Å². The highest BCUT2D eigenvalue weighted by Gasteiger charge is 2.14. The number of carbonyl (C=O) groups excluding carboxylic acids is 1. The number of aromatic nitrogens is 2. The van der Waals surface area contributed by atoms with Crippen LogP contribution < -0.4 is 10.1 Å². The molecule has 1 aromatic heterocycles. The van der Waals surface area contributed by atoms with Gasteiger partial charge in [0.05, 0.1) is 6.61 Å². The van der Waals surface area contributed by atoms with Crippen LogP contribution >= 0.6 is 0 Å². The number of anilines is 1. The number of carbonyl (C=O) groups is 1. The average Bonchev–Trinajstić information content (AvgIpc) is 3.02. The molecule has 0 spiro atoms. The summed E-state index contributed by atoms with van der Waals surface area (Å²) in [6.07, 6.45) is 10.00. The Hall–Kier alpha value is -2.56. The molecule has 2 heterocycles. The largest absolute Gasteiger partial charge is 0.494 e. The summed E-state index contributed by atoms with van der Waals surface area (Å²) in [4.78, 5) is 15.7. The SMILES string of the molecule is C=CCn1ccnc1CCCCOc1ccc2c(c1)CCC(=O)N2. The zero-order valence-corrected chi connectivity index (χ0v) is 13.8. The van der Waals surface area contributed by atoms with Crippen LogP contribution in [0.3, 0.4) is 0 Å². The maximum Gasteiger partial charge on any atom is 0.224 e. The van der Waals surface area contributed by atoms with Crippen molar-refractivity contribution in [1.29, 1.82) is 0 Å². The van der Waals surface area contributed by atoms with Gasteiger partial charge >= 0.3 is 0 Å². The number of benzene rings is 1. The summed E-state index contributed by atoms with van der Waals surface area (Å²) in [5.41, 5.74) is 2.06. The Balaban J connectivity index is 1.43. The number of hydrogen-bond acceptors (Lipinski definition) is 3. The lowest BCUT2D eigenvalue weighted by molar-refractivity contribution is -0.116. The van der Waals surface area contributed by atoms with Crippen LogP contribution in [0.1, 0.15) is 30.7 Å². The number of allylic oxidation sites excluding steroid dienone is 1. The predicted octanol–water partition coefficient (Wildman–Crippen LogP) is 3.36. The molecule has 1 aliphatic heterocycles. The molecule has 3 rings (SSSR count). The minimum Gasteiger partial charge on any atom is -0.494 e. The van der Waals surface area contributed by atoms with Crippen LogP contribution in [0.15, 0.2) is 43.2 Å². The highest BCUT2D eigenvalue weighted by molar-refractivity contribution is 5.93. The van der Waals surface area contributed by atoms with Gasteiger partial charge in [-0.25, -0.2) is 4.98 Å². The summed E-state index contributed by atoms with van der Waals surface area (Å²) >= 11 is 0. The van der Waals surface area contributed by atoms with Crippen molar-refractivity contribution < 1.29 is 9.53 Å². The van der Waals surface area contributed by atoms with Gasteiger partial charge < -0.3 is 14.6 Å². The first kappa shape index (κ1) is 16.3. The van der Waals surface area contributed by atoms with E-state index in [1.165, 1.54) is 0 Å². The zero-order valence-electron chi connectivity index (χ0n) is 13.8. The third-order valence-electron chi connectivity index (χ3n) is 4.16. The van der Waals surface area contributed by atoms with E-state index in [1.807, 2.05) is 36.7 Å². The van der Waals surface area contributed by atoms with Crippen LogP contribution in [0.4, 0.5) is 5.69 Å². The van der Waals surface area contributed by atoms with Gasteiger partial charge in [0.1, 0.15) is 11.6 Å². The molecule has 0 unspecified atom stereocenters.